The number of hydrogen-bond donors (Lipinski definition) is 0. The largest absolute Gasteiger partial charge is 0.493 e. The zero-order valence-corrected chi connectivity index (χ0v) is 21.5. The number of ether oxygens (including phenoxy) is 1. The van der Waals surface area contributed by atoms with Crippen molar-refractivity contribution in [3.63, 3.8) is 0 Å². The van der Waals surface area contributed by atoms with Crippen LogP contribution in [0, 0.1) is 29.6 Å². The van der Waals surface area contributed by atoms with Gasteiger partial charge in [0.15, 0.2) is 0 Å². The average Bonchev–Trinajstić information content (AvgIpc) is 2.87. The third-order valence-electron chi connectivity index (χ3n) is 9.58. The number of rotatable bonds is 11. The molecule has 0 saturated heterocycles. The van der Waals surface area contributed by atoms with Crippen LogP contribution in [0.15, 0.2) is 36.9 Å². The number of unbranched alkanes of at least 4 members (excludes halogenated alkanes) is 1. The van der Waals surface area contributed by atoms with E-state index in [1.807, 2.05) is 6.08 Å². The molecule has 1 nitrogen and oxygen atoms in total. The Morgan fingerprint density at radius 3 is 2.15 bits per heavy atom. The summed E-state index contributed by atoms with van der Waals surface area (Å²) in [7, 11) is 0. The van der Waals surface area contributed by atoms with Crippen LogP contribution in [0.5, 0.6) is 5.75 Å². The van der Waals surface area contributed by atoms with Gasteiger partial charge in [0.25, 0.3) is 0 Å². The first-order valence-electron chi connectivity index (χ1n) is 14.6. The van der Waals surface area contributed by atoms with E-state index in [1.54, 1.807) is 12.0 Å². The highest BCUT2D eigenvalue weighted by Crippen LogP contribution is 2.49. The molecule has 184 valence electrons. The van der Waals surface area contributed by atoms with E-state index < -0.39 is 0 Å². The van der Waals surface area contributed by atoms with Crippen molar-refractivity contribution < 1.29 is 4.74 Å². The number of hydrogen-bond acceptors (Lipinski definition) is 1. The van der Waals surface area contributed by atoms with Crippen molar-refractivity contribution in [2.45, 2.75) is 116 Å². The lowest BCUT2D eigenvalue weighted by molar-refractivity contribution is 0.108. The maximum Gasteiger partial charge on any atom is 0.119 e. The Kier molecular flexibility index (Phi) is 9.81. The van der Waals surface area contributed by atoms with E-state index >= 15 is 0 Å². The zero-order chi connectivity index (χ0) is 22.9. The monoisotopic (exact) mass is 450 g/mol. The average molecular weight is 451 g/mol. The van der Waals surface area contributed by atoms with E-state index in [-0.39, 0.29) is 0 Å². The van der Waals surface area contributed by atoms with Crippen LogP contribution >= 0.6 is 0 Å². The van der Waals surface area contributed by atoms with Crippen LogP contribution in [0.4, 0.5) is 0 Å². The Morgan fingerprint density at radius 2 is 1.42 bits per heavy atom. The molecule has 0 spiro atoms. The van der Waals surface area contributed by atoms with Crippen molar-refractivity contribution in [2.75, 3.05) is 6.61 Å². The van der Waals surface area contributed by atoms with Crippen molar-refractivity contribution in [1.82, 2.24) is 0 Å². The molecule has 4 rings (SSSR count). The molecule has 3 aliphatic rings. The topological polar surface area (TPSA) is 9.23 Å². The van der Waals surface area contributed by atoms with Crippen molar-refractivity contribution in [2.24, 2.45) is 29.6 Å². The fourth-order valence-electron chi connectivity index (χ4n) is 7.42. The van der Waals surface area contributed by atoms with Gasteiger partial charge >= 0.3 is 0 Å². The minimum atomic E-state index is 0.734. The van der Waals surface area contributed by atoms with E-state index in [2.05, 4.69) is 37.8 Å². The lowest BCUT2D eigenvalue weighted by atomic mass is 9.63. The minimum absolute atomic E-state index is 0.734. The fourth-order valence-corrected chi connectivity index (χ4v) is 7.42. The Morgan fingerprint density at radius 1 is 0.788 bits per heavy atom. The van der Waals surface area contributed by atoms with Crippen molar-refractivity contribution in [1.29, 1.82) is 0 Å². The Labute approximate surface area is 204 Å². The summed E-state index contributed by atoms with van der Waals surface area (Å²) in [4.78, 5) is 0. The summed E-state index contributed by atoms with van der Waals surface area (Å²) >= 11 is 0. The van der Waals surface area contributed by atoms with Crippen LogP contribution in [0.25, 0.3) is 0 Å². The molecule has 4 atom stereocenters. The van der Waals surface area contributed by atoms with Gasteiger partial charge in [-0.05, 0) is 91.7 Å². The molecule has 3 aliphatic carbocycles. The molecule has 0 bridgehead atoms. The highest BCUT2D eigenvalue weighted by molar-refractivity contribution is 5.30. The molecule has 0 aromatic heterocycles. The Balaban J connectivity index is 1.16. The molecule has 3 saturated carbocycles. The lowest BCUT2D eigenvalue weighted by Gasteiger charge is -2.43. The van der Waals surface area contributed by atoms with Gasteiger partial charge in [-0.2, -0.15) is 0 Å². The van der Waals surface area contributed by atoms with Gasteiger partial charge in [-0.15, -0.1) is 6.58 Å². The first-order chi connectivity index (χ1) is 16.2. The Bertz CT molecular complexity index is 683. The summed E-state index contributed by atoms with van der Waals surface area (Å²) in [6, 6.07) is 9.02. The summed E-state index contributed by atoms with van der Waals surface area (Å²) in [5, 5.41) is 0. The van der Waals surface area contributed by atoms with Gasteiger partial charge in [0.2, 0.25) is 0 Å². The minimum Gasteiger partial charge on any atom is -0.493 e. The van der Waals surface area contributed by atoms with Gasteiger partial charge < -0.3 is 4.74 Å². The van der Waals surface area contributed by atoms with Gasteiger partial charge in [-0.3, -0.25) is 0 Å². The summed E-state index contributed by atoms with van der Waals surface area (Å²) < 4.78 is 5.80. The van der Waals surface area contributed by atoms with Crippen LogP contribution in [0.1, 0.15) is 121 Å². The van der Waals surface area contributed by atoms with E-state index in [9.17, 15) is 0 Å². The summed E-state index contributed by atoms with van der Waals surface area (Å²) in [5.74, 6) is 6.93. The van der Waals surface area contributed by atoms with Crippen LogP contribution in [-0.4, -0.2) is 6.61 Å². The maximum absolute atomic E-state index is 5.80. The first kappa shape index (κ1) is 24.9. The molecule has 33 heavy (non-hydrogen) atoms. The molecule has 4 unspecified atom stereocenters. The smallest absolute Gasteiger partial charge is 0.119 e. The standard InChI is InChI=1S/C32H50O/c1-3-5-7-25-8-10-26(11-9-25)12-13-27-14-15-31-24-30(17-16-29(31)23-27)28-18-20-32(21-19-28)33-22-6-4-2/h4,18-21,25-27,29-31H,2-3,5-17,22-24H2,1H3. The van der Waals surface area contributed by atoms with Crippen LogP contribution in [0.3, 0.4) is 0 Å². The van der Waals surface area contributed by atoms with Crippen LogP contribution < -0.4 is 4.74 Å². The second kappa shape index (κ2) is 13.0. The molecule has 0 aliphatic heterocycles. The van der Waals surface area contributed by atoms with Crippen LogP contribution in [-0.2, 0) is 0 Å². The summed E-state index contributed by atoms with van der Waals surface area (Å²) in [6.45, 7) is 6.84. The van der Waals surface area contributed by atoms with Crippen molar-refractivity contribution in [3.8, 4) is 5.75 Å². The van der Waals surface area contributed by atoms with Gasteiger partial charge in [0, 0.05) is 0 Å². The molecule has 0 heterocycles. The van der Waals surface area contributed by atoms with E-state index in [0.717, 1.165) is 54.3 Å². The van der Waals surface area contributed by atoms with E-state index in [4.69, 9.17) is 4.74 Å². The van der Waals surface area contributed by atoms with Gasteiger partial charge in [-0.1, -0.05) is 89.3 Å². The highest BCUT2D eigenvalue weighted by Gasteiger charge is 2.36. The third-order valence-corrected chi connectivity index (χ3v) is 9.58. The molecule has 0 amide bonds. The molecule has 3 fully saturated rings. The lowest BCUT2D eigenvalue weighted by Crippen LogP contribution is -2.30. The predicted molar refractivity (Wildman–Crippen MR) is 142 cm³/mol. The molecule has 1 heteroatoms. The summed E-state index contributed by atoms with van der Waals surface area (Å²) in [6.07, 6.45) is 25.2. The second-order valence-corrected chi connectivity index (χ2v) is 11.8. The molecule has 1 aromatic carbocycles. The van der Waals surface area contributed by atoms with E-state index in [0.29, 0.717) is 0 Å². The number of benzene rings is 1. The SMILES string of the molecule is C=CCCOc1ccc(C2CCC3CC(CCC4CCC(CCCC)CC4)CCC3C2)cc1. The Hall–Kier alpha value is -1.24. The molecule has 0 N–H and O–H groups in total. The normalized spacial score (nSPS) is 32.2. The predicted octanol–water partition coefficient (Wildman–Crippen LogP) is 9.72. The third kappa shape index (κ3) is 7.37. The number of fused-ring (bicyclic) bond motifs is 1. The van der Waals surface area contributed by atoms with Crippen molar-refractivity contribution >= 4 is 0 Å². The summed E-state index contributed by atoms with van der Waals surface area (Å²) in [5.41, 5.74) is 1.54. The van der Waals surface area contributed by atoms with Gasteiger partial charge in [0.05, 0.1) is 6.61 Å². The fraction of sp³-hybridized carbons (Fsp3) is 0.750. The maximum atomic E-state index is 5.80. The zero-order valence-electron chi connectivity index (χ0n) is 21.5. The first-order valence-corrected chi connectivity index (χ1v) is 14.6. The molecular weight excluding hydrogens is 400 g/mol. The van der Waals surface area contributed by atoms with Crippen LogP contribution in [0.2, 0.25) is 0 Å². The molecular formula is C32H50O. The molecule has 1 aromatic rings. The quantitative estimate of drug-likeness (QED) is 0.241. The van der Waals surface area contributed by atoms with Gasteiger partial charge in [-0.25, -0.2) is 0 Å². The molecule has 0 radical (unpaired) electrons. The van der Waals surface area contributed by atoms with Gasteiger partial charge in [0.1, 0.15) is 5.75 Å². The van der Waals surface area contributed by atoms with Crippen molar-refractivity contribution in [3.05, 3.63) is 42.5 Å². The van der Waals surface area contributed by atoms with E-state index in [1.165, 1.54) is 89.9 Å². The highest BCUT2D eigenvalue weighted by atomic mass is 16.5. The second-order valence-electron chi connectivity index (χ2n) is 11.8.